The molecule has 0 rings (SSSR count). The largest absolute Gasteiger partial charge is 0.261 e. The van der Waals surface area contributed by atoms with E-state index in [2.05, 4.69) is 129 Å². The lowest BCUT2D eigenvalue weighted by atomic mass is 11.8. The molecule has 0 aliphatic heterocycles. The molecule has 0 radical (unpaired) electrons. The van der Waals surface area contributed by atoms with Gasteiger partial charge in [0.2, 0.25) is 2.10 Å². The highest BCUT2D eigenvalue weighted by molar-refractivity contribution is 14.4. The third kappa shape index (κ3) is 4.35. The van der Waals surface area contributed by atoms with Gasteiger partial charge in [-0.3, -0.25) is 0 Å². The molecule has 0 aliphatic rings. The van der Waals surface area contributed by atoms with Crippen LogP contribution in [0.4, 0.5) is 0 Å². The molecule has 0 nitrogen and oxygen atoms in total. The lowest BCUT2D eigenvalue weighted by Gasteiger charge is -2.36. The third-order valence-corrected chi connectivity index (χ3v) is 157. The smallest absolute Gasteiger partial charge is 0.109 e. The fourth-order valence-corrected chi connectivity index (χ4v) is 77.0. The molecule has 0 spiro atoms. The van der Waals surface area contributed by atoms with Crippen LogP contribution in [-0.4, -0.2) is 9.77 Å². The Morgan fingerprint density at radius 2 is 1.00 bits per heavy atom. The van der Waals surface area contributed by atoms with E-state index in [1.54, 1.807) is 0 Å². The van der Waals surface area contributed by atoms with Crippen molar-refractivity contribution in [1.29, 1.82) is 0 Å². The van der Waals surface area contributed by atoms with E-state index >= 15 is 0 Å². The molecule has 0 heterocycles. The summed E-state index contributed by atoms with van der Waals surface area (Å²) in [7, 11) is -0.869. The van der Waals surface area contributed by atoms with Gasteiger partial charge in [0.25, 0.3) is 0.0813 Å². The zero-order valence-corrected chi connectivity index (χ0v) is 20.2. The van der Waals surface area contributed by atoms with Crippen LogP contribution in [0.2, 0.25) is 19.6 Å². The Morgan fingerprint density at radius 1 is 0.727 bits per heavy atom. The van der Waals surface area contributed by atoms with Crippen LogP contribution in [0.1, 0.15) is 0 Å². The summed E-state index contributed by atoms with van der Waals surface area (Å²) in [4.78, 5) is 0. The Labute approximate surface area is 135 Å². The van der Waals surface area contributed by atoms with Gasteiger partial charge in [0, 0.05) is 0 Å². The Morgan fingerprint density at radius 3 is 1.00 bits per heavy atom. The van der Waals surface area contributed by atoms with Crippen LogP contribution in [0.15, 0.2) is 0 Å². The molecular formula is C3H9I5Si3. The second-order valence-corrected chi connectivity index (χ2v) is 93.1. The molecular weight excluding hydrogens is 755 g/mol. The normalized spacial score (nSPS) is 15.3. The van der Waals surface area contributed by atoms with Gasteiger partial charge in [-0.1, -0.05) is 85.0 Å². The summed E-state index contributed by atoms with van der Waals surface area (Å²) >= 11 is 13.8. The molecule has 0 aromatic carbocycles. The van der Waals surface area contributed by atoms with E-state index in [9.17, 15) is 0 Å². The van der Waals surface area contributed by atoms with Crippen molar-refractivity contribution in [1.82, 2.24) is 0 Å². The molecule has 0 aliphatic carbocycles. The van der Waals surface area contributed by atoms with Gasteiger partial charge in [0.05, 0.1) is 7.59 Å². The molecule has 0 aromatic rings. The van der Waals surface area contributed by atoms with Crippen LogP contribution in [0.5, 0.6) is 0 Å². The molecule has 0 unspecified atom stereocenters. The summed E-state index contributed by atoms with van der Waals surface area (Å²) in [5, 5.41) is 0. The molecule has 0 atom stereocenters. The topological polar surface area (TPSA) is 0 Å². The second kappa shape index (κ2) is 5.09. The van der Waals surface area contributed by atoms with Gasteiger partial charge >= 0.3 is 0 Å². The van der Waals surface area contributed by atoms with Crippen molar-refractivity contribution >= 4 is 119 Å². The van der Waals surface area contributed by atoms with Crippen LogP contribution in [0.3, 0.4) is 0 Å². The van der Waals surface area contributed by atoms with Gasteiger partial charge in [0.1, 0.15) is 0 Å². The minimum Gasteiger partial charge on any atom is -0.109 e. The molecule has 0 amide bonds. The van der Waals surface area contributed by atoms with Gasteiger partial charge in [-0.15, -0.1) is 43.6 Å². The van der Waals surface area contributed by atoms with Crippen molar-refractivity contribution in [3.8, 4) is 0 Å². The van der Waals surface area contributed by atoms with E-state index in [0.717, 1.165) is 0 Å². The van der Waals surface area contributed by atoms with Gasteiger partial charge in [-0.05, 0) is 0 Å². The first-order valence-electron chi connectivity index (χ1n) is 2.94. The number of hydrogen-bond donors (Lipinski definition) is 0. The number of rotatable bonds is 2. The average molecular weight is 764 g/mol. The second-order valence-electron chi connectivity index (χ2n) is 3.32. The maximum Gasteiger partial charge on any atom is 0.261 e. The highest BCUT2D eigenvalue weighted by atomic mass is 127. The summed E-state index contributed by atoms with van der Waals surface area (Å²) in [6.07, 6.45) is 0. The molecule has 68 valence electrons. The molecule has 0 bridgehead atoms. The van der Waals surface area contributed by atoms with Crippen molar-refractivity contribution < 1.29 is 0 Å². The summed E-state index contributed by atoms with van der Waals surface area (Å²) in [6.45, 7) is 7.57. The van der Waals surface area contributed by atoms with E-state index in [0.29, 0.717) is 0 Å². The van der Waals surface area contributed by atoms with Crippen LogP contribution in [0.25, 0.3) is 0 Å². The highest BCUT2D eigenvalue weighted by Gasteiger charge is 2.56. The summed E-state index contributed by atoms with van der Waals surface area (Å²) in [5.74, 6) is 0. The van der Waals surface area contributed by atoms with Crippen molar-refractivity contribution in [3.05, 3.63) is 0 Å². The van der Waals surface area contributed by atoms with Crippen molar-refractivity contribution in [2.75, 3.05) is 0 Å². The van der Waals surface area contributed by atoms with Crippen molar-refractivity contribution in [2.24, 2.45) is 0 Å². The first-order valence-corrected chi connectivity index (χ1v) is 28.0. The van der Waals surface area contributed by atoms with E-state index in [-0.39, 0.29) is 0 Å². The monoisotopic (exact) mass is 764 g/mol. The van der Waals surface area contributed by atoms with Gasteiger partial charge < -0.3 is 0 Å². The molecule has 8 heteroatoms. The van der Waals surface area contributed by atoms with Crippen LogP contribution in [-0.2, 0) is 0 Å². The van der Waals surface area contributed by atoms with Crippen LogP contribution >= 0.6 is 109 Å². The predicted molar refractivity (Wildman–Crippen MR) is 105 cm³/mol. The minimum atomic E-state index is -0.936. The molecule has 0 saturated heterocycles. The molecule has 0 fully saturated rings. The zero-order valence-electron chi connectivity index (χ0n) is 6.39. The van der Waals surface area contributed by atoms with E-state index < -0.39 is 9.77 Å². The standard InChI is InChI=1S/C3H9I5Si3/c1-9(2,3)11(7,8)10(4,5)6/h1-3H3. The van der Waals surface area contributed by atoms with E-state index in [1.165, 1.54) is 0 Å². The Bertz CT molecular complexity index is 128. The average Bonchev–Trinajstić information content (AvgIpc) is 1.58. The van der Waals surface area contributed by atoms with Crippen molar-refractivity contribution in [3.63, 3.8) is 0 Å². The Hall–Kier alpha value is 4.30. The van der Waals surface area contributed by atoms with E-state index in [4.69, 9.17) is 0 Å². The van der Waals surface area contributed by atoms with Gasteiger partial charge in [0.15, 0.2) is 0 Å². The van der Waals surface area contributed by atoms with Crippen LogP contribution < -0.4 is 0 Å². The zero-order chi connectivity index (χ0) is 9.50. The Balaban J connectivity index is 4.75. The van der Waals surface area contributed by atoms with E-state index in [1.807, 2.05) is 0 Å². The SMILES string of the molecule is C[Si](C)(C)[Si](I)(I)[Si](I)(I)I. The lowest BCUT2D eigenvalue weighted by Crippen LogP contribution is -2.58. The highest BCUT2D eigenvalue weighted by Crippen LogP contribution is 2.50. The molecule has 0 saturated carbocycles. The van der Waals surface area contributed by atoms with Gasteiger partial charge in [-0.2, -0.15) is 0 Å². The third-order valence-electron chi connectivity index (χ3n) is 1.30. The summed E-state index contributed by atoms with van der Waals surface area (Å²) in [5.41, 5.74) is 0. The van der Waals surface area contributed by atoms with Gasteiger partial charge in [-0.25, -0.2) is 0 Å². The number of hydrogen-bond acceptors (Lipinski definition) is 0. The Kier molecular flexibility index (Phi) is 7.08. The first-order chi connectivity index (χ1) is 4.50. The fraction of sp³-hybridized carbons (Fsp3) is 1.00. The van der Waals surface area contributed by atoms with Crippen molar-refractivity contribution in [2.45, 2.75) is 19.6 Å². The van der Waals surface area contributed by atoms with Crippen LogP contribution in [0, 0.1) is 0 Å². The number of halogens is 5. The maximum atomic E-state index is 2.82. The quantitative estimate of drug-likeness (QED) is 0.211. The predicted octanol–water partition coefficient (Wildman–Crippen LogP) is 5.04. The fourth-order valence-electron chi connectivity index (χ4n) is 0.425. The molecule has 0 aromatic heterocycles. The lowest BCUT2D eigenvalue weighted by molar-refractivity contribution is 1.86. The minimum absolute atomic E-state index is 0.869. The maximum absolute atomic E-state index is 2.82. The molecule has 0 N–H and O–H groups in total. The molecule has 11 heavy (non-hydrogen) atoms. The summed E-state index contributed by atoms with van der Waals surface area (Å²) in [6, 6.07) is 0. The summed E-state index contributed by atoms with van der Waals surface area (Å²) < 4.78 is -1.87. The first kappa shape index (κ1) is 15.3.